The highest BCUT2D eigenvalue weighted by Crippen LogP contribution is 2.06. The maximum atomic E-state index is 11.5. The molecule has 86 valence electrons. The molecule has 0 spiro atoms. The zero-order valence-electron chi connectivity index (χ0n) is 9.54. The molecule has 0 unspecified atom stereocenters. The molecular formula is C11H20N2O2. The predicted molar refractivity (Wildman–Crippen MR) is 59.8 cm³/mol. The Balaban J connectivity index is 0.00000225. The van der Waals surface area contributed by atoms with Crippen LogP contribution >= 0.6 is 0 Å². The van der Waals surface area contributed by atoms with E-state index in [1.165, 1.54) is 0 Å². The number of carbonyl (C=O) groups is 1. The van der Waals surface area contributed by atoms with E-state index in [-0.39, 0.29) is 7.33 Å². The number of carbonyl (C=O) groups excluding carboxylic acids is 1. The van der Waals surface area contributed by atoms with Gasteiger partial charge in [0.25, 0.3) is 5.91 Å². The number of amides is 1. The largest absolute Gasteiger partial charge is 0.351 e. The minimum Gasteiger partial charge on any atom is -0.351 e. The number of hydrogen-bond acceptors (Lipinski definition) is 3. The smallest absolute Gasteiger partial charge is 0.290 e. The van der Waals surface area contributed by atoms with Gasteiger partial charge in [-0.1, -0.05) is 19.0 Å². The highest BCUT2D eigenvalue weighted by molar-refractivity contribution is 5.92. The molecule has 1 rings (SSSR count). The van der Waals surface area contributed by atoms with Crippen LogP contribution in [0.25, 0.3) is 0 Å². The van der Waals surface area contributed by atoms with Gasteiger partial charge in [-0.25, -0.2) is 0 Å². The third-order valence-corrected chi connectivity index (χ3v) is 2.20. The second-order valence-corrected chi connectivity index (χ2v) is 4.13. The fraction of sp³-hybridized carbons (Fsp3) is 0.636. The Bertz CT molecular complexity index is 324. The third-order valence-electron chi connectivity index (χ3n) is 2.20. The lowest BCUT2D eigenvalue weighted by Gasteiger charge is -2.05. The van der Waals surface area contributed by atoms with Crippen LogP contribution in [0.15, 0.2) is 10.7 Å². The average Bonchev–Trinajstić information content (AvgIpc) is 2.58. The van der Waals surface area contributed by atoms with E-state index in [9.17, 15) is 4.79 Å². The molecule has 0 saturated carbocycles. The summed E-state index contributed by atoms with van der Waals surface area (Å²) >= 11 is 0. The van der Waals surface area contributed by atoms with Gasteiger partial charge < -0.3 is 9.84 Å². The number of nitrogens with zero attached hydrogens (tertiary/aromatic N) is 1. The van der Waals surface area contributed by atoms with Gasteiger partial charge in [0.05, 0.1) is 6.20 Å². The van der Waals surface area contributed by atoms with Crippen LogP contribution in [-0.4, -0.2) is 17.6 Å². The molecule has 0 atom stereocenters. The number of nitrogens with one attached hydrogen (secondary N) is 1. The highest BCUT2D eigenvalue weighted by atomic mass is 16.5. The van der Waals surface area contributed by atoms with Crippen molar-refractivity contribution in [1.29, 1.82) is 0 Å². The first-order chi connectivity index (χ1) is 7.11. The van der Waals surface area contributed by atoms with Gasteiger partial charge in [0.1, 0.15) is 0 Å². The zero-order valence-corrected chi connectivity index (χ0v) is 9.54. The number of rotatable bonds is 5. The van der Waals surface area contributed by atoms with Crippen molar-refractivity contribution in [3.05, 3.63) is 17.5 Å². The summed E-state index contributed by atoms with van der Waals surface area (Å²) < 4.78 is 4.84. The summed E-state index contributed by atoms with van der Waals surface area (Å²) in [5, 5.41) is 6.37. The van der Waals surface area contributed by atoms with Crippen LogP contribution in [-0.2, 0) is 0 Å². The maximum absolute atomic E-state index is 11.5. The van der Waals surface area contributed by atoms with E-state index in [1.807, 2.05) is 0 Å². The summed E-state index contributed by atoms with van der Waals surface area (Å²) in [7, 11) is 0. The topological polar surface area (TPSA) is 55.1 Å². The lowest BCUT2D eigenvalue weighted by molar-refractivity contribution is 0.0915. The van der Waals surface area contributed by atoms with E-state index in [4.69, 9.17) is 4.52 Å². The molecule has 0 aliphatic rings. The van der Waals surface area contributed by atoms with Crippen LogP contribution in [0.4, 0.5) is 0 Å². The molecule has 1 amide bonds. The second kappa shape index (κ2) is 5.53. The molecule has 4 nitrogen and oxygen atoms in total. The van der Waals surface area contributed by atoms with E-state index in [1.54, 1.807) is 13.1 Å². The van der Waals surface area contributed by atoms with Crippen molar-refractivity contribution >= 4 is 5.91 Å². The maximum Gasteiger partial charge on any atom is 0.290 e. The van der Waals surface area contributed by atoms with Gasteiger partial charge in [-0.3, -0.25) is 4.79 Å². The molecule has 0 aliphatic heterocycles. The average molecular weight is 212 g/mol. The van der Waals surface area contributed by atoms with Gasteiger partial charge in [-0.15, -0.1) is 0 Å². The number of aryl methyl sites for hydroxylation is 1. The molecule has 15 heavy (non-hydrogen) atoms. The number of hydrogen-bond donors (Lipinski definition) is 1. The summed E-state index contributed by atoms with van der Waals surface area (Å²) in [6.07, 6.45) is 3.66. The van der Waals surface area contributed by atoms with E-state index < -0.39 is 0 Å². The monoisotopic (exact) mass is 212 g/mol. The van der Waals surface area contributed by atoms with Gasteiger partial charge in [0.2, 0.25) is 5.76 Å². The zero-order chi connectivity index (χ0) is 11.3. The highest BCUT2D eigenvalue weighted by Gasteiger charge is 2.12. The Morgan fingerprint density at radius 2 is 2.40 bits per heavy atom. The summed E-state index contributed by atoms with van der Waals surface area (Å²) in [5.41, 5.74) is 0.774. The van der Waals surface area contributed by atoms with Gasteiger partial charge >= 0.3 is 0 Å². The van der Waals surface area contributed by atoms with Crippen molar-refractivity contribution in [1.82, 2.24) is 10.5 Å². The summed E-state index contributed by atoms with van der Waals surface area (Å²) in [6.45, 7) is 6.83. The van der Waals surface area contributed by atoms with E-state index in [0.717, 1.165) is 18.4 Å². The lowest BCUT2D eigenvalue weighted by Crippen LogP contribution is -2.24. The van der Waals surface area contributed by atoms with Gasteiger partial charge in [0, 0.05) is 13.5 Å². The fourth-order valence-electron chi connectivity index (χ4n) is 1.30. The Labute approximate surface area is 91.5 Å². The predicted octanol–water partition coefficient (Wildman–Crippen LogP) is 2.40. The first kappa shape index (κ1) is 11.8. The lowest BCUT2D eigenvalue weighted by atomic mass is 10.1. The third kappa shape index (κ3) is 3.73. The molecular weight excluding hydrogens is 192 g/mol. The Morgan fingerprint density at radius 3 is 2.93 bits per heavy atom. The van der Waals surface area contributed by atoms with Crippen LogP contribution < -0.4 is 5.32 Å². The van der Waals surface area contributed by atoms with Crippen molar-refractivity contribution in [3.8, 4) is 0 Å². The van der Waals surface area contributed by atoms with E-state index >= 15 is 0 Å². The molecule has 0 bridgehead atoms. The fourth-order valence-corrected chi connectivity index (χ4v) is 1.30. The van der Waals surface area contributed by atoms with Crippen LogP contribution in [0, 0.1) is 12.8 Å². The molecule has 0 aromatic carbocycles. The van der Waals surface area contributed by atoms with Gasteiger partial charge in [0.15, 0.2) is 0 Å². The van der Waals surface area contributed by atoms with Gasteiger partial charge in [-0.05, 0) is 25.7 Å². The standard InChI is InChI=1S/C11H18N2O2.H2/c1-8(2)5-4-6-12-11(14)10-9(3)7-13-15-10;/h7-8H,4-6H2,1-3H3,(H,12,14);1H. The molecule has 0 aliphatic carbocycles. The van der Waals surface area contributed by atoms with Crippen molar-refractivity contribution < 1.29 is 10.7 Å². The van der Waals surface area contributed by atoms with Crippen molar-refractivity contribution in [2.24, 2.45) is 5.92 Å². The SMILES string of the molecule is Cc1cnoc1C(=O)NCCCC(C)C.[HH]. The van der Waals surface area contributed by atoms with E-state index in [2.05, 4.69) is 24.3 Å². The molecule has 1 heterocycles. The molecule has 0 saturated heterocycles. The molecule has 1 N–H and O–H groups in total. The van der Waals surface area contributed by atoms with Crippen molar-refractivity contribution in [3.63, 3.8) is 0 Å². The van der Waals surface area contributed by atoms with E-state index in [0.29, 0.717) is 18.2 Å². The Kier molecular flexibility index (Phi) is 4.34. The number of aromatic nitrogens is 1. The Morgan fingerprint density at radius 1 is 1.67 bits per heavy atom. The summed E-state index contributed by atoms with van der Waals surface area (Å²) in [5.74, 6) is 0.822. The molecule has 1 aromatic heterocycles. The van der Waals surface area contributed by atoms with Crippen LogP contribution in [0.3, 0.4) is 0 Å². The van der Waals surface area contributed by atoms with Crippen LogP contribution in [0.1, 0.15) is 44.2 Å². The second-order valence-electron chi connectivity index (χ2n) is 4.13. The first-order valence-corrected chi connectivity index (χ1v) is 5.30. The normalized spacial score (nSPS) is 10.7. The molecule has 0 fully saturated rings. The minimum atomic E-state index is -0.172. The molecule has 0 radical (unpaired) electrons. The summed E-state index contributed by atoms with van der Waals surface area (Å²) in [6, 6.07) is 0. The van der Waals surface area contributed by atoms with Crippen molar-refractivity contribution in [2.45, 2.75) is 33.6 Å². The van der Waals surface area contributed by atoms with Crippen LogP contribution in [0.2, 0.25) is 0 Å². The Hall–Kier alpha value is -1.32. The first-order valence-electron chi connectivity index (χ1n) is 5.30. The quantitative estimate of drug-likeness (QED) is 0.762. The minimum absolute atomic E-state index is 0. The van der Waals surface area contributed by atoms with Crippen LogP contribution in [0.5, 0.6) is 0 Å². The molecule has 1 aromatic rings. The van der Waals surface area contributed by atoms with Crippen molar-refractivity contribution in [2.75, 3.05) is 6.54 Å². The molecule has 4 heteroatoms. The van der Waals surface area contributed by atoms with Gasteiger partial charge in [-0.2, -0.15) is 0 Å². The summed E-state index contributed by atoms with van der Waals surface area (Å²) in [4.78, 5) is 11.5.